The molecule has 0 aliphatic heterocycles. The molecule has 1 fully saturated rings. The van der Waals surface area contributed by atoms with Gasteiger partial charge in [-0.15, -0.1) is 0 Å². The number of allylic oxidation sites excluding steroid dienone is 1. The maximum Gasteiger partial charge on any atom is 0.315 e. The highest BCUT2D eigenvalue weighted by Gasteiger charge is 2.55. The predicted octanol–water partition coefficient (Wildman–Crippen LogP) is 2.51. The van der Waals surface area contributed by atoms with Crippen molar-refractivity contribution in [2.45, 2.75) is 25.7 Å². The summed E-state index contributed by atoms with van der Waals surface area (Å²) in [5.74, 6) is -2.28. The topological polar surface area (TPSA) is 57.6 Å². The highest BCUT2D eigenvalue weighted by molar-refractivity contribution is 6.06. The van der Waals surface area contributed by atoms with E-state index >= 15 is 0 Å². The van der Waals surface area contributed by atoms with Crippen LogP contribution in [-0.2, 0) is 15.0 Å². The first-order chi connectivity index (χ1) is 10.2. The number of carboxylic acids is 1. The first-order valence-electron chi connectivity index (χ1n) is 7.12. The molecule has 2 rings (SSSR count). The van der Waals surface area contributed by atoms with Crippen LogP contribution in [0.2, 0.25) is 0 Å². The quantitative estimate of drug-likeness (QED) is 0.872. The molecule has 0 aromatic heterocycles. The number of hydrogen-bond donors (Lipinski definition) is 1. The normalized spacial score (nSPS) is 26.5. The number of benzene rings is 1. The molecule has 0 spiro atoms. The highest BCUT2D eigenvalue weighted by atomic mass is 19.1. The number of Topliss-reactive ketones (excluding diaryl/α,β-unsaturated/α-hetero) is 1. The minimum atomic E-state index is -1.41. The van der Waals surface area contributed by atoms with Gasteiger partial charge in [0.1, 0.15) is 11.2 Å². The van der Waals surface area contributed by atoms with E-state index in [4.69, 9.17) is 0 Å². The van der Waals surface area contributed by atoms with E-state index in [9.17, 15) is 19.1 Å². The molecule has 0 amide bonds. The lowest BCUT2D eigenvalue weighted by atomic mass is 9.71. The Morgan fingerprint density at radius 3 is 2.64 bits per heavy atom. The average Bonchev–Trinajstić information content (AvgIpc) is 2.67. The number of carbonyl (C=O) groups excluding carboxylic acids is 1. The van der Waals surface area contributed by atoms with Gasteiger partial charge in [-0.25, -0.2) is 4.39 Å². The zero-order valence-electron chi connectivity index (χ0n) is 13.2. The second kappa shape index (κ2) is 5.55. The van der Waals surface area contributed by atoms with Gasteiger partial charge in [0.25, 0.3) is 0 Å². The standard InChI is InChI=1S/C17H20FNO3/c1-10-13(6-5-7-14(10)18)17(16(21)22)8-15(20)12(11(17)2)9-19(3)4/h5-7,9,11H,8H2,1-4H3,(H,21,22)/t11?,17-/m0/s1. The molecular formula is C17H20FNO3. The first kappa shape index (κ1) is 16.2. The van der Waals surface area contributed by atoms with Gasteiger partial charge in [-0.05, 0) is 24.1 Å². The average molecular weight is 305 g/mol. The Morgan fingerprint density at radius 2 is 2.09 bits per heavy atom. The molecular weight excluding hydrogens is 285 g/mol. The molecule has 4 nitrogen and oxygen atoms in total. The van der Waals surface area contributed by atoms with E-state index in [1.54, 1.807) is 45.1 Å². The molecule has 118 valence electrons. The Labute approximate surface area is 129 Å². The van der Waals surface area contributed by atoms with Crippen molar-refractivity contribution < 1.29 is 19.1 Å². The van der Waals surface area contributed by atoms with Crippen molar-refractivity contribution in [3.05, 3.63) is 46.9 Å². The predicted molar refractivity (Wildman–Crippen MR) is 81.0 cm³/mol. The van der Waals surface area contributed by atoms with E-state index in [0.29, 0.717) is 11.1 Å². The van der Waals surface area contributed by atoms with Gasteiger partial charge in [0, 0.05) is 38.2 Å². The van der Waals surface area contributed by atoms with Crippen LogP contribution < -0.4 is 0 Å². The summed E-state index contributed by atoms with van der Waals surface area (Å²) in [6.07, 6.45) is 1.51. The molecule has 0 heterocycles. The fraction of sp³-hybridized carbons (Fsp3) is 0.412. The Bertz CT molecular complexity index is 666. The molecule has 0 saturated heterocycles. The number of halogens is 1. The van der Waals surface area contributed by atoms with E-state index in [1.165, 1.54) is 12.1 Å². The molecule has 5 heteroatoms. The van der Waals surface area contributed by atoms with E-state index in [-0.39, 0.29) is 17.8 Å². The van der Waals surface area contributed by atoms with Gasteiger partial charge < -0.3 is 10.0 Å². The third kappa shape index (κ3) is 2.30. The van der Waals surface area contributed by atoms with Crippen LogP contribution >= 0.6 is 0 Å². The fourth-order valence-corrected chi connectivity index (χ4v) is 3.27. The van der Waals surface area contributed by atoms with Gasteiger partial charge in [-0.1, -0.05) is 19.1 Å². The molecule has 1 aromatic carbocycles. The SMILES string of the molecule is Cc1c(F)cccc1[C@]1(C(=O)O)CC(=O)C(=CN(C)C)C1C. The largest absolute Gasteiger partial charge is 0.481 e. The second-order valence-electron chi connectivity index (χ2n) is 6.06. The van der Waals surface area contributed by atoms with Crippen LogP contribution in [0.1, 0.15) is 24.5 Å². The van der Waals surface area contributed by atoms with Crippen LogP contribution in [0, 0.1) is 18.7 Å². The summed E-state index contributed by atoms with van der Waals surface area (Å²) in [5.41, 5.74) is -0.278. The summed E-state index contributed by atoms with van der Waals surface area (Å²) >= 11 is 0. The Kier molecular flexibility index (Phi) is 4.09. The number of rotatable bonds is 3. The number of hydrogen-bond acceptors (Lipinski definition) is 3. The van der Waals surface area contributed by atoms with E-state index < -0.39 is 23.1 Å². The van der Waals surface area contributed by atoms with Crippen LogP contribution in [0.15, 0.2) is 30.0 Å². The monoisotopic (exact) mass is 305 g/mol. The molecule has 1 aliphatic carbocycles. The van der Waals surface area contributed by atoms with Crippen molar-refractivity contribution in [1.29, 1.82) is 0 Å². The van der Waals surface area contributed by atoms with Crippen molar-refractivity contribution in [2.24, 2.45) is 5.92 Å². The van der Waals surface area contributed by atoms with Crippen molar-refractivity contribution in [3.8, 4) is 0 Å². The summed E-state index contributed by atoms with van der Waals surface area (Å²) in [6, 6.07) is 4.40. The van der Waals surface area contributed by atoms with E-state index in [2.05, 4.69) is 0 Å². The van der Waals surface area contributed by atoms with Crippen molar-refractivity contribution in [1.82, 2.24) is 4.90 Å². The molecule has 22 heavy (non-hydrogen) atoms. The van der Waals surface area contributed by atoms with Crippen molar-refractivity contribution in [3.63, 3.8) is 0 Å². The smallest absolute Gasteiger partial charge is 0.315 e. The van der Waals surface area contributed by atoms with E-state index in [0.717, 1.165) is 0 Å². The molecule has 1 saturated carbocycles. The maximum absolute atomic E-state index is 13.9. The van der Waals surface area contributed by atoms with Gasteiger partial charge in [-0.3, -0.25) is 9.59 Å². The molecule has 0 radical (unpaired) electrons. The number of carboxylic acid groups (broad SMARTS) is 1. The van der Waals surface area contributed by atoms with Crippen LogP contribution in [0.4, 0.5) is 4.39 Å². The first-order valence-corrected chi connectivity index (χ1v) is 7.12. The number of carbonyl (C=O) groups is 2. The summed E-state index contributed by atoms with van der Waals surface area (Å²) in [7, 11) is 3.56. The van der Waals surface area contributed by atoms with E-state index in [1.807, 2.05) is 0 Å². The highest BCUT2D eigenvalue weighted by Crippen LogP contribution is 2.48. The summed E-state index contributed by atoms with van der Waals surface area (Å²) in [5, 5.41) is 9.86. The van der Waals surface area contributed by atoms with Crippen LogP contribution in [0.5, 0.6) is 0 Å². The number of aliphatic carboxylic acids is 1. The van der Waals surface area contributed by atoms with Crippen LogP contribution in [-0.4, -0.2) is 35.9 Å². The van der Waals surface area contributed by atoms with Gasteiger partial charge in [0.05, 0.1) is 0 Å². The van der Waals surface area contributed by atoms with Crippen molar-refractivity contribution in [2.75, 3.05) is 14.1 Å². The molecule has 1 aromatic rings. The van der Waals surface area contributed by atoms with Crippen LogP contribution in [0.3, 0.4) is 0 Å². The van der Waals surface area contributed by atoms with Crippen LogP contribution in [0.25, 0.3) is 0 Å². The van der Waals surface area contributed by atoms with Gasteiger partial charge in [-0.2, -0.15) is 0 Å². The maximum atomic E-state index is 13.9. The number of nitrogens with zero attached hydrogens (tertiary/aromatic N) is 1. The minimum Gasteiger partial charge on any atom is -0.481 e. The minimum absolute atomic E-state index is 0.145. The molecule has 1 N–H and O–H groups in total. The molecule has 1 aliphatic rings. The van der Waals surface area contributed by atoms with Crippen molar-refractivity contribution >= 4 is 11.8 Å². The van der Waals surface area contributed by atoms with Gasteiger partial charge >= 0.3 is 5.97 Å². The zero-order valence-corrected chi connectivity index (χ0v) is 13.2. The molecule has 1 unspecified atom stereocenters. The summed E-state index contributed by atoms with van der Waals surface area (Å²) in [4.78, 5) is 26.1. The second-order valence-corrected chi connectivity index (χ2v) is 6.06. The van der Waals surface area contributed by atoms with Gasteiger partial charge in [0.15, 0.2) is 5.78 Å². The Balaban J connectivity index is 2.68. The zero-order chi connectivity index (χ0) is 16.7. The molecule has 2 atom stereocenters. The summed E-state index contributed by atoms with van der Waals surface area (Å²) < 4.78 is 13.9. The summed E-state index contributed by atoms with van der Waals surface area (Å²) in [6.45, 7) is 3.28. The Morgan fingerprint density at radius 1 is 1.45 bits per heavy atom. The lowest BCUT2D eigenvalue weighted by molar-refractivity contribution is -0.145. The number of ketones is 1. The molecule has 0 bridgehead atoms. The third-order valence-corrected chi connectivity index (χ3v) is 4.49. The lowest BCUT2D eigenvalue weighted by Gasteiger charge is -2.30. The fourth-order valence-electron chi connectivity index (χ4n) is 3.27. The lowest BCUT2D eigenvalue weighted by Crippen LogP contribution is -2.39. The Hall–Kier alpha value is -2.17. The van der Waals surface area contributed by atoms with Gasteiger partial charge in [0.2, 0.25) is 0 Å². The third-order valence-electron chi connectivity index (χ3n) is 4.49.